The van der Waals surface area contributed by atoms with E-state index in [4.69, 9.17) is 4.42 Å². The monoisotopic (exact) mass is 229 g/mol. The largest absolute Gasteiger partial charge is 0.468 e. The maximum atomic E-state index is 5.29. The fourth-order valence-corrected chi connectivity index (χ4v) is 1.90. The first-order valence-corrected chi connectivity index (χ1v) is 5.97. The van der Waals surface area contributed by atoms with Gasteiger partial charge >= 0.3 is 0 Å². The van der Waals surface area contributed by atoms with Gasteiger partial charge in [0.2, 0.25) is 0 Å². The van der Waals surface area contributed by atoms with Gasteiger partial charge in [0.15, 0.2) is 0 Å². The van der Waals surface area contributed by atoms with Crippen LogP contribution >= 0.6 is 0 Å². The van der Waals surface area contributed by atoms with Gasteiger partial charge in [-0.3, -0.25) is 0 Å². The average Bonchev–Trinajstić information content (AvgIpc) is 2.83. The number of hydrogen-bond donors (Lipinski definition) is 1. The minimum absolute atomic E-state index is 0.133. The van der Waals surface area contributed by atoms with Gasteiger partial charge in [-0.2, -0.15) is 0 Å². The van der Waals surface area contributed by atoms with Gasteiger partial charge in [0, 0.05) is 12.0 Å². The fourth-order valence-electron chi connectivity index (χ4n) is 1.90. The summed E-state index contributed by atoms with van der Waals surface area (Å²) in [5.41, 5.74) is 1.49. The second-order valence-electron chi connectivity index (χ2n) is 4.93. The Labute approximate surface area is 103 Å². The quantitative estimate of drug-likeness (QED) is 0.850. The zero-order valence-corrected chi connectivity index (χ0v) is 10.4. The number of furan rings is 1. The molecule has 90 valence electrons. The summed E-state index contributed by atoms with van der Waals surface area (Å²) in [5.74, 6) is 0.980. The van der Waals surface area contributed by atoms with E-state index in [-0.39, 0.29) is 5.41 Å². The van der Waals surface area contributed by atoms with Crippen LogP contribution in [0.5, 0.6) is 0 Å². The smallest absolute Gasteiger partial charge is 0.117 e. The molecule has 0 aliphatic carbocycles. The summed E-state index contributed by atoms with van der Waals surface area (Å²) in [6, 6.07) is 14.5. The first-order valence-electron chi connectivity index (χ1n) is 5.97. The molecule has 0 saturated carbocycles. The molecule has 17 heavy (non-hydrogen) atoms. The van der Waals surface area contributed by atoms with Crippen molar-refractivity contribution in [3.63, 3.8) is 0 Å². The first kappa shape index (κ1) is 11.9. The predicted molar refractivity (Wildman–Crippen MR) is 69.9 cm³/mol. The Morgan fingerprint density at radius 2 is 1.82 bits per heavy atom. The van der Waals surface area contributed by atoms with Gasteiger partial charge in [-0.05, 0) is 17.7 Å². The third-order valence-electron chi connectivity index (χ3n) is 3.00. The maximum Gasteiger partial charge on any atom is 0.117 e. The molecule has 1 heterocycles. The summed E-state index contributed by atoms with van der Waals surface area (Å²) in [6.07, 6.45) is 1.71. The maximum absolute atomic E-state index is 5.29. The minimum atomic E-state index is 0.133. The fraction of sp³-hybridized carbons (Fsp3) is 0.333. The molecule has 0 aliphatic rings. The van der Waals surface area contributed by atoms with E-state index in [0.717, 1.165) is 18.8 Å². The second-order valence-corrected chi connectivity index (χ2v) is 4.93. The van der Waals surface area contributed by atoms with Crippen LogP contribution in [0.2, 0.25) is 0 Å². The molecule has 2 aromatic rings. The van der Waals surface area contributed by atoms with Crippen LogP contribution < -0.4 is 5.32 Å². The Bertz CT molecular complexity index is 431. The van der Waals surface area contributed by atoms with Crippen molar-refractivity contribution in [1.82, 2.24) is 5.32 Å². The van der Waals surface area contributed by atoms with Crippen LogP contribution in [0, 0.1) is 0 Å². The van der Waals surface area contributed by atoms with E-state index in [2.05, 4.69) is 49.5 Å². The molecule has 0 bridgehead atoms. The third-order valence-corrected chi connectivity index (χ3v) is 3.00. The SMILES string of the molecule is CC(C)(CNCc1ccco1)c1ccccc1. The van der Waals surface area contributed by atoms with Crippen molar-refractivity contribution in [2.75, 3.05) is 6.54 Å². The summed E-state index contributed by atoms with van der Waals surface area (Å²) in [5, 5.41) is 3.43. The zero-order chi connectivity index (χ0) is 12.1. The van der Waals surface area contributed by atoms with Crippen molar-refractivity contribution in [2.24, 2.45) is 0 Å². The molecule has 0 radical (unpaired) electrons. The average molecular weight is 229 g/mol. The van der Waals surface area contributed by atoms with Crippen LogP contribution in [0.1, 0.15) is 25.2 Å². The zero-order valence-electron chi connectivity index (χ0n) is 10.4. The molecule has 0 amide bonds. The lowest BCUT2D eigenvalue weighted by Crippen LogP contribution is -2.32. The van der Waals surface area contributed by atoms with E-state index in [1.54, 1.807) is 6.26 Å². The second kappa shape index (κ2) is 5.19. The molecule has 1 N–H and O–H groups in total. The minimum Gasteiger partial charge on any atom is -0.468 e. The van der Waals surface area contributed by atoms with Gasteiger partial charge in [0.05, 0.1) is 12.8 Å². The first-order chi connectivity index (χ1) is 8.18. The summed E-state index contributed by atoms with van der Waals surface area (Å²) < 4.78 is 5.29. The Hall–Kier alpha value is -1.54. The molecule has 2 rings (SSSR count). The van der Waals surface area contributed by atoms with Crippen molar-refractivity contribution < 1.29 is 4.42 Å². The van der Waals surface area contributed by atoms with E-state index in [1.807, 2.05) is 12.1 Å². The summed E-state index contributed by atoms with van der Waals surface area (Å²) >= 11 is 0. The molecule has 1 aromatic carbocycles. The highest BCUT2D eigenvalue weighted by atomic mass is 16.3. The Morgan fingerprint density at radius 3 is 2.47 bits per heavy atom. The van der Waals surface area contributed by atoms with E-state index >= 15 is 0 Å². The van der Waals surface area contributed by atoms with Gasteiger partial charge in [0.1, 0.15) is 5.76 Å². The summed E-state index contributed by atoms with van der Waals surface area (Å²) in [6.45, 7) is 6.20. The molecule has 0 aliphatic heterocycles. The molecular formula is C15H19NO. The summed E-state index contributed by atoms with van der Waals surface area (Å²) in [7, 11) is 0. The van der Waals surface area contributed by atoms with Crippen LogP contribution in [0.3, 0.4) is 0 Å². The lowest BCUT2D eigenvalue weighted by Gasteiger charge is -2.25. The molecule has 2 heteroatoms. The number of nitrogens with one attached hydrogen (secondary N) is 1. The van der Waals surface area contributed by atoms with Gasteiger partial charge < -0.3 is 9.73 Å². The highest BCUT2D eigenvalue weighted by Gasteiger charge is 2.19. The van der Waals surface area contributed by atoms with Crippen LogP contribution in [0.25, 0.3) is 0 Å². The van der Waals surface area contributed by atoms with E-state index in [1.165, 1.54) is 5.56 Å². The predicted octanol–water partition coefficient (Wildman–Crippen LogP) is 3.35. The van der Waals surface area contributed by atoms with Gasteiger partial charge in [-0.15, -0.1) is 0 Å². The number of hydrogen-bond acceptors (Lipinski definition) is 2. The van der Waals surface area contributed by atoms with Crippen LogP contribution in [-0.2, 0) is 12.0 Å². The highest BCUT2D eigenvalue weighted by Crippen LogP contribution is 2.21. The van der Waals surface area contributed by atoms with E-state index < -0.39 is 0 Å². The van der Waals surface area contributed by atoms with Gasteiger partial charge in [0.25, 0.3) is 0 Å². The molecule has 0 atom stereocenters. The van der Waals surface area contributed by atoms with Crippen molar-refractivity contribution in [3.05, 3.63) is 60.1 Å². The van der Waals surface area contributed by atoms with E-state index in [9.17, 15) is 0 Å². The van der Waals surface area contributed by atoms with Crippen LogP contribution in [-0.4, -0.2) is 6.54 Å². The van der Waals surface area contributed by atoms with Crippen molar-refractivity contribution in [3.8, 4) is 0 Å². The lowest BCUT2D eigenvalue weighted by atomic mass is 9.84. The van der Waals surface area contributed by atoms with Gasteiger partial charge in [-0.1, -0.05) is 44.2 Å². The van der Waals surface area contributed by atoms with E-state index in [0.29, 0.717) is 0 Å². The molecule has 0 spiro atoms. The number of benzene rings is 1. The van der Waals surface area contributed by atoms with Crippen molar-refractivity contribution in [1.29, 1.82) is 0 Å². The Balaban J connectivity index is 1.90. The molecule has 0 saturated heterocycles. The summed E-state index contributed by atoms with van der Waals surface area (Å²) in [4.78, 5) is 0. The van der Waals surface area contributed by atoms with Gasteiger partial charge in [-0.25, -0.2) is 0 Å². The van der Waals surface area contributed by atoms with Crippen molar-refractivity contribution >= 4 is 0 Å². The third kappa shape index (κ3) is 3.21. The molecular weight excluding hydrogens is 210 g/mol. The molecule has 0 fully saturated rings. The lowest BCUT2D eigenvalue weighted by molar-refractivity contribution is 0.432. The normalized spacial score (nSPS) is 11.6. The standard InChI is InChI=1S/C15H19NO/c1-15(2,13-7-4-3-5-8-13)12-16-11-14-9-6-10-17-14/h3-10,16H,11-12H2,1-2H3. The molecule has 0 unspecified atom stereocenters. The number of rotatable bonds is 5. The van der Waals surface area contributed by atoms with Crippen LogP contribution in [0.4, 0.5) is 0 Å². The Morgan fingerprint density at radius 1 is 1.06 bits per heavy atom. The Kier molecular flexibility index (Phi) is 3.64. The van der Waals surface area contributed by atoms with Crippen molar-refractivity contribution in [2.45, 2.75) is 25.8 Å². The van der Waals surface area contributed by atoms with Crippen LogP contribution in [0.15, 0.2) is 53.1 Å². The molecule has 1 aromatic heterocycles. The molecule has 2 nitrogen and oxygen atoms in total. The highest BCUT2D eigenvalue weighted by molar-refractivity contribution is 5.23. The topological polar surface area (TPSA) is 25.2 Å².